The molecule has 0 radical (unpaired) electrons. The van der Waals surface area contributed by atoms with Crippen LogP contribution in [0.2, 0.25) is 0 Å². The second-order valence-corrected chi connectivity index (χ2v) is 4.69. The Morgan fingerprint density at radius 2 is 1.93 bits per heavy atom. The Hall–Kier alpha value is -0.610. The maximum atomic E-state index is 10.5. The SMILES string of the molecule is CC(C)CC(C)N(C)CCC(N)C(=O)O. The monoisotopic (exact) mass is 216 g/mol. The molecule has 0 aliphatic carbocycles. The van der Waals surface area contributed by atoms with Gasteiger partial charge in [-0.05, 0) is 32.7 Å². The van der Waals surface area contributed by atoms with Crippen molar-refractivity contribution in [2.45, 2.75) is 45.7 Å². The summed E-state index contributed by atoms with van der Waals surface area (Å²) in [5, 5.41) is 8.64. The van der Waals surface area contributed by atoms with Crippen molar-refractivity contribution in [3.63, 3.8) is 0 Å². The number of nitrogens with two attached hydrogens (primary N) is 1. The van der Waals surface area contributed by atoms with E-state index in [4.69, 9.17) is 10.8 Å². The van der Waals surface area contributed by atoms with E-state index < -0.39 is 12.0 Å². The van der Waals surface area contributed by atoms with E-state index in [2.05, 4.69) is 25.7 Å². The molecule has 0 spiro atoms. The van der Waals surface area contributed by atoms with Gasteiger partial charge in [0.2, 0.25) is 0 Å². The van der Waals surface area contributed by atoms with Crippen LogP contribution in [-0.2, 0) is 4.79 Å². The van der Waals surface area contributed by atoms with Crippen molar-refractivity contribution in [2.75, 3.05) is 13.6 Å². The lowest BCUT2D eigenvalue weighted by Gasteiger charge is -2.26. The number of aliphatic carboxylic acids is 1. The van der Waals surface area contributed by atoms with E-state index in [0.717, 1.165) is 13.0 Å². The summed E-state index contributed by atoms with van der Waals surface area (Å²) < 4.78 is 0. The average Bonchev–Trinajstić information content (AvgIpc) is 2.12. The molecule has 0 amide bonds. The summed E-state index contributed by atoms with van der Waals surface area (Å²) in [4.78, 5) is 12.7. The zero-order valence-electron chi connectivity index (χ0n) is 10.2. The molecule has 0 heterocycles. The van der Waals surface area contributed by atoms with E-state index in [1.54, 1.807) is 0 Å². The number of hydrogen-bond donors (Lipinski definition) is 2. The molecule has 0 aliphatic rings. The number of carboxylic acid groups (broad SMARTS) is 1. The molecule has 4 nitrogen and oxygen atoms in total. The van der Waals surface area contributed by atoms with Gasteiger partial charge in [0.25, 0.3) is 0 Å². The molecule has 90 valence electrons. The Labute approximate surface area is 92.4 Å². The van der Waals surface area contributed by atoms with Gasteiger partial charge in [-0.25, -0.2) is 0 Å². The second kappa shape index (κ2) is 6.80. The van der Waals surface area contributed by atoms with Crippen LogP contribution in [0.1, 0.15) is 33.6 Å². The van der Waals surface area contributed by atoms with Gasteiger partial charge in [0.1, 0.15) is 6.04 Å². The topological polar surface area (TPSA) is 66.6 Å². The lowest BCUT2D eigenvalue weighted by Crippen LogP contribution is -2.37. The molecule has 0 saturated carbocycles. The Bertz CT molecular complexity index is 195. The number of nitrogens with zero attached hydrogens (tertiary/aromatic N) is 1. The quantitative estimate of drug-likeness (QED) is 0.670. The molecule has 0 aliphatic heterocycles. The number of carbonyl (C=O) groups is 1. The molecule has 0 aromatic heterocycles. The molecule has 3 N–H and O–H groups in total. The Kier molecular flexibility index (Phi) is 6.52. The summed E-state index contributed by atoms with van der Waals surface area (Å²) in [5.41, 5.74) is 5.44. The predicted octanol–water partition coefficient (Wildman–Crippen LogP) is 1.15. The van der Waals surface area contributed by atoms with E-state index in [1.807, 2.05) is 7.05 Å². The Morgan fingerprint density at radius 3 is 2.33 bits per heavy atom. The summed E-state index contributed by atoms with van der Waals surface area (Å²) in [5.74, 6) is -0.254. The third-order valence-corrected chi connectivity index (χ3v) is 2.67. The van der Waals surface area contributed by atoms with Crippen LogP contribution in [-0.4, -0.2) is 41.7 Å². The molecule has 2 atom stereocenters. The average molecular weight is 216 g/mol. The first-order chi connectivity index (χ1) is 6.84. The zero-order chi connectivity index (χ0) is 12.0. The van der Waals surface area contributed by atoms with Gasteiger partial charge in [-0.1, -0.05) is 13.8 Å². The first kappa shape index (κ1) is 14.4. The van der Waals surface area contributed by atoms with Crippen LogP contribution in [0.4, 0.5) is 0 Å². The van der Waals surface area contributed by atoms with Crippen LogP contribution in [0.3, 0.4) is 0 Å². The summed E-state index contributed by atoms with van der Waals surface area (Å²) in [6.07, 6.45) is 1.63. The van der Waals surface area contributed by atoms with Crippen molar-refractivity contribution in [2.24, 2.45) is 11.7 Å². The highest BCUT2D eigenvalue weighted by Crippen LogP contribution is 2.09. The van der Waals surface area contributed by atoms with Crippen molar-refractivity contribution >= 4 is 5.97 Å². The van der Waals surface area contributed by atoms with Gasteiger partial charge in [0.05, 0.1) is 0 Å². The van der Waals surface area contributed by atoms with Gasteiger partial charge < -0.3 is 15.7 Å². The van der Waals surface area contributed by atoms with Crippen molar-refractivity contribution < 1.29 is 9.90 Å². The molecule has 0 rings (SSSR count). The molecule has 0 fully saturated rings. The number of rotatable bonds is 7. The van der Waals surface area contributed by atoms with Crippen LogP contribution < -0.4 is 5.73 Å². The Balaban J connectivity index is 3.82. The van der Waals surface area contributed by atoms with Crippen LogP contribution in [0.5, 0.6) is 0 Å². The van der Waals surface area contributed by atoms with Crippen molar-refractivity contribution in [1.82, 2.24) is 4.90 Å². The molecular weight excluding hydrogens is 192 g/mol. The minimum atomic E-state index is -0.917. The van der Waals surface area contributed by atoms with Crippen LogP contribution >= 0.6 is 0 Å². The fourth-order valence-corrected chi connectivity index (χ4v) is 1.55. The lowest BCUT2D eigenvalue weighted by atomic mass is 10.0. The standard InChI is InChI=1S/C11H24N2O2/c1-8(2)7-9(3)13(4)6-5-10(12)11(14)15/h8-10H,5-7,12H2,1-4H3,(H,14,15). The van der Waals surface area contributed by atoms with Gasteiger partial charge in [-0.3, -0.25) is 4.79 Å². The molecule has 4 heteroatoms. The maximum Gasteiger partial charge on any atom is 0.320 e. The van der Waals surface area contributed by atoms with E-state index in [1.165, 1.54) is 0 Å². The summed E-state index contributed by atoms with van der Waals surface area (Å²) in [7, 11) is 2.02. The molecular formula is C11H24N2O2. The van der Waals surface area contributed by atoms with E-state index in [9.17, 15) is 4.79 Å². The summed E-state index contributed by atoms with van der Waals surface area (Å²) >= 11 is 0. The molecule has 15 heavy (non-hydrogen) atoms. The highest BCUT2D eigenvalue weighted by molar-refractivity contribution is 5.72. The highest BCUT2D eigenvalue weighted by Gasteiger charge is 2.15. The fraction of sp³-hybridized carbons (Fsp3) is 0.909. The van der Waals surface area contributed by atoms with Crippen LogP contribution in [0.15, 0.2) is 0 Å². The number of hydrogen-bond acceptors (Lipinski definition) is 3. The first-order valence-corrected chi connectivity index (χ1v) is 5.53. The highest BCUT2D eigenvalue weighted by atomic mass is 16.4. The number of carboxylic acids is 1. The third-order valence-electron chi connectivity index (χ3n) is 2.67. The summed E-state index contributed by atoms with van der Waals surface area (Å²) in [6.45, 7) is 7.27. The van der Waals surface area contributed by atoms with E-state index in [0.29, 0.717) is 18.4 Å². The van der Waals surface area contributed by atoms with Gasteiger partial charge in [-0.2, -0.15) is 0 Å². The maximum absolute atomic E-state index is 10.5. The van der Waals surface area contributed by atoms with Gasteiger partial charge >= 0.3 is 5.97 Å². The third kappa shape index (κ3) is 6.47. The zero-order valence-corrected chi connectivity index (χ0v) is 10.2. The van der Waals surface area contributed by atoms with Crippen molar-refractivity contribution in [1.29, 1.82) is 0 Å². The van der Waals surface area contributed by atoms with E-state index >= 15 is 0 Å². The minimum absolute atomic E-state index is 0.478. The first-order valence-electron chi connectivity index (χ1n) is 5.53. The van der Waals surface area contributed by atoms with Gasteiger partial charge in [-0.15, -0.1) is 0 Å². The summed E-state index contributed by atoms with van der Waals surface area (Å²) in [6, 6.07) is -0.260. The molecule has 2 unspecified atom stereocenters. The van der Waals surface area contributed by atoms with Crippen molar-refractivity contribution in [3.05, 3.63) is 0 Å². The predicted molar refractivity (Wildman–Crippen MR) is 61.8 cm³/mol. The van der Waals surface area contributed by atoms with Crippen molar-refractivity contribution in [3.8, 4) is 0 Å². The normalized spacial score (nSPS) is 15.7. The van der Waals surface area contributed by atoms with Gasteiger partial charge in [0.15, 0.2) is 0 Å². The van der Waals surface area contributed by atoms with Gasteiger partial charge in [0, 0.05) is 12.6 Å². The fourth-order valence-electron chi connectivity index (χ4n) is 1.55. The molecule has 0 saturated heterocycles. The van der Waals surface area contributed by atoms with Crippen LogP contribution in [0.25, 0.3) is 0 Å². The largest absolute Gasteiger partial charge is 0.480 e. The lowest BCUT2D eigenvalue weighted by molar-refractivity contribution is -0.138. The second-order valence-electron chi connectivity index (χ2n) is 4.69. The molecule has 0 aromatic carbocycles. The Morgan fingerprint density at radius 1 is 1.40 bits per heavy atom. The molecule has 0 bridgehead atoms. The smallest absolute Gasteiger partial charge is 0.320 e. The minimum Gasteiger partial charge on any atom is -0.480 e. The van der Waals surface area contributed by atoms with E-state index in [-0.39, 0.29) is 0 Å². The van der Waals surface area contributed by atoms with Crippen LogP contribution in [0, 0.1) is 5.92 Å². The molecule has 0 aromatic rings.